The lowest BCUT2D eigenvalue weighted by Crippen LogP contribution is -2.72. The third-order valence-corrected chi connectivity index (χ3v) is 19.8. The minimum atomic E-state index is -3.05. The number of benzene rings is 12. The van der Waals surface area contributed by atoms with E-state index in [1.54, 1.807) is 0 Å². The molecule has 0 saturated heterocycles. The smallest absolute Gasteiger partial charge is 0.181 e. The third-order valence-electron chi connectivity index (χ3n) is 15.0. The first-order valence-electron chi connectivity index (χ1n) is 25.8. The zero-order chi connectivity index (χ0) is 50.0. The van der Waals surface area contributed by atoms with E-state index in [-0.39, 0.29) is 0 Å². The van der Waals surface area contributed by atoms with Crippen LogP contribution in [-0.4, -0.2) is 8.07 Å². The van der Waals surface area contributed by atoms with Crippen LogP contribution in [0.2, 0.25) is 0 Å². The van der Waals surface area contributed by atoms with Gasteiger partial charge >= 0.3 is 0 Å². The predicted octanol–water partition coefficient (Wildman–Crippen LogP) is 16.7. The largest absolute Gasteiger partial charge is 0.311 e. The summed E-state index contributed by atoms with van der Waals surface area (Å²) in [6.07, 6.45) is 0. The van der Waals surface area contributed by atoms with Gasteiger partial charge in [0.05, 0.1) is 0 Å². The molecular weight excluding hydrogens is 921 g/mol. The van der Waals surface area contributed by atoms with E-state index in [4.69, 9.17) is 0 Å². The van der Waals surface area contributed by atoms with Crippen molar-refractivity contribution in [1.29, 1.82) is 0 Å². The summed E-state index contributed by atoms with van der Waals surface area (Å²) in [6, 6.07) is 116. The third kappa shape index (κ3) is 8.45. The Morgan fingerprint density at radius 3 is 0.653 bits per heavy atom. The number of hydrogen-bond acceptors (Lipinski definition) is 2. The Hall–Kier alpha value is -9.54. The first kappa shape index (κ1) is 45.3. The van der Waals surface area contributed by atoms with Gasteiger partial charge in [0.2, 0.25) is 0 Å². The van der Waals surface area contributed by atoms with Crippen LogP contribution in [0.25, 0.3) is 55.6 Å². The van der Waals surface area contributed by atoms with E-state index in [0.717, 1.165) is 34.1 Å². The van der Waals surface area contributed by atoms with Crippen molar-refractivity contribution < 1.29 is 0 Å². The van der Waals surface area contributed by atoms with E-state index in [9.17, 15) is 0 Å². The maximum atomic E-state index is 2.53. The van der Waals surface area contributed by atoms with Gasteiger partial charge in [-0.3, -0.25) is 0 Å². The lowest BCUT2D eigenvalue weighted by Gasteiger charge is -2.34. The molecule has 0 atom stereocenters. The summed E-state index contributed by atoms with van der Waals surface area (Å²) in [4.78, 5) is 4.88. The molecule has 2 nitrogen and oxygen atoms in total. The van der Waals surface area contributed by atoms with E-state index in [1.807, 2.05) is 0 Å². The van der Waals surface area contributed by atoms with Crippen LogP contribution in [0.5, 0.6) is 0 Å². The van der Waals surface area contributed by atoms with E-state index in [0.29, 0.717) is 0 Å². The van der Waals surface area contributed by atoms with Gasteiger partial charge in [-0.2, -0.15) is 0 Å². The summed E-state index contributed by atoms with van der Waals surface area (Å²) in [7, 11) is -3.05. The zero-order valence-corrected chi connectivity index (χ0v) is 42.4. The molecule has 1 aliphatic heterocycles. The van der Waals surface area contributed by atoms with Crippen molar-refractivity contribution >= 4 is 62.9 Å². The second-order valence-corrected chi connectivity index (χ2v) is 23.0. The highest BCUT2D eigenvalue weighted by Crippen LogP contribution is 2.42. The molecule has 1 heterocycles. The molecule has 0 aromatic heterocycles. The molecule has 1 aliphatic rings. The second-order valence-electron chi connectivity index (χ2n) is 19.3. The molecule has 0 unspecified atom stereocenters. The van der Waals surface area contributed by atoms with Crippen LogP contribution in [-0.2, 0) is 0 Å². The van der Waals surface area contributed by atoms with Crippen LogP contribution < -0.4 is 30.5 Å². The lowest BCUT2D eigenvalue weighted by atomic mass is 10.0. The molecule has 75 heavy (non-hydrogen) atoms. The van der Waals surface area contributed by atoms with Crippen molar-refractivity contribution in [2.24, 2.45) is 0 Å². The Bertz CT molecular complexity index is 3440. The Kier molecular flexibility index (Phi) is 12.0. The SMILES string of the molecule is c1ccc(-c2ccc(N(c3ccc(-c4ccccc4)cc3)c3ccc4c(c3)[Si](c3ccccc3)(c3ccccc3)c3cc(N(c5ccc(-c6ccccc6)cc5)c5ccc(-c6ccccc6)cc5)ccc3-4)cc2)cc1. The molecule has 3 heteroatoms. The second kappa shape index (κ2) is 19.8. The number of hydrogen-bond donors (Lipinski definition) is 0. The Labute approximate surface area is 441 Å². The summed E-state index contributed by atoms with van der Waals surface area (Å²) in [6.45, 7) is 0. The Morgan fingerprint density at radius 1 is 0.187 bits per heavy atom. The summed E-state index contributed by atoms with van der Waals surface area (Å²) < 4.78 is 0. The van der Waals surface area contributed by atoms with Crippen molar-refractivity contribution in [2.75, 3.05) is 9.80 Å². The highest BCUT2D eigenvalue weighted by atomic mass is 28.3. The summed E-state index contributed by atoms with van der Waals surface area (Å²) >= 11 is 0. The minimum Gasteiger partial charge on any atom is -0.311 e. The maximum Gasteiger partial charge on any atom is 0.181 e. The quantitative estimate of drug-likeness (QED) is 0.113. The molecule has 354 valence electrons. The van der Waals surface area contributed by atoms with Gasteiger partial charge in [0.25, 0.3) is 0 Å². The maximum absolute atomic E-state index is 3.05. The van der Waals surface area contributed by atoms with Crippen LogP contribution in [0.15, 0.2) is 315 Å². The molecule has 0 spiro atoms. The van der Waals surface area contributed by atoms with Gasteiger partial charge in [0.1, 0.15) is 0 Å². The number of rotatable bonds is 12. The van der Waals surface area contributed by atoms with Crippen LogP contribution in [0.3, 0.4) is 0 Å². The first-order valence-corrected chi connectivity index (χ1v) is 27.8. The molecule has 12 aromatic rings. The van der Waals surface area contributed by atoms with Gasteiger partial charge in [-0.15, -0.1) is 0 Å². The monoisotopic (exact) mass is 972 g/mol. The number of fused-ring (bicyclic) bond motifs is 3. The molecule has 13 rings (SSSR count). The molecule has 0 amide bonds. The minimum absolute atomic E-state index is 1.10. The fraction of sp³-hybridized carbons (Fsp3) is 0. The molecule has 0 bridgehead atoms. The number of nitrogens with zero attached hydrogens (tertiary/aromatic N) is 2. The average molecular weight is 973 g/mol. The summed E-state index contributed by atoms with van der Waals surface area (Å²) in [5.74, 6) is 0. The standard InChI is InChI=1S/C72H52N2Si/c1-7-19-53(20-8-1)57-31-39-61(40-32-57)73(62-41-33-58(34-42-62)54-21-9-2-10-22-54)65-47-49-69-70-50-48-66(52-72(70)75(71(69)51-65,67-27-15-5-16-28-67)68-29-17-6-18-30-68)74(63-43-35-59(36-44-63)55-23-11-3-12-24-55)64-45-37-60(38-46-64)56-25-13-4-14-26-56/h1-52H. The van der Waals surface area contributed by atoms with Gasteiger partial charge in [0.15, 0.2) is 8.07 Å². The lowest BCUT2D eigenvalue weighted by molar-refractivity contribution is 1.28. The predicted molar refractivity (Wildman–Crippen MR) is 320 cm³/mol. The molecule has 0 N–H and O–H groups in total. The highest BCUT2D eigenvalue weighted by Gasteiger charge is 2.49. The molecule has 0 saturated carbocycles. The number of anilines is 6. The Balaban J connectivity index is 0.999. The summed E-state index contributed by atoms with van der Waals surface area (Å²) in [5, 5.41) is 5.45. The van der Waals surface area contributed by atoms with Crippen molar-refractivity contribution in [2.45, 2.75) is 0 Å². The normalized spacial score (nSPS) is 12.1. The Morgan fingerprint density at radius 2 is 0.400 bits per heavy atom. The van der Waals surface area contributed by atoms with E-state index in [1.165, 1.54) is 76.4 Å². The highest BCUT2D eigenvalue weighted by molar-refractivity contribution is 7.22. The van der Waals surface area contributed by atoms with Crippen molar-refractivity contribution in [3.05, 3.63) is 315 Å². The zero-order valence-electron chi connectivity index (χ0n) is 41.4. The van der Waals surface area contributed by atoms with E-state index >= 15 is 0 Å². The molecule has 0 aliphatic carbocycles. The molecular formula is C72H52N2Si. The van der Waals surface area contributed by atoms with Gasteiger partial charge < -0.3 is 9.80 Å². The molecule has 12 aromatic carbocycles. The first-order chi connectivity index (χ1) is 37.2. The van der Waals surface area contributed by atoms with Gasteiger partial charge in [-0.05, 0) is 149 Å². The fourth-order valence-electron chi connectivity index (χ4n) is 11.4. The van der Waals surface area contributed by atoms with Crippen molar-refractivity contribution in [3.63, 3.8) is 0 Å². The summed E-state index contributed by atoms with van der Waals surface area (Å²) in [5.41, 5.74) is 18.7. The topological polar surface area (TPSA) is 6.48 Å². The van der Waals surface area contributed by atoms with Crippen LogP contribution in [0.4, 0.5) is 34.1 Å². The van der Waals surface area contributed by atoms with E-state index in [2.05, 4.69) is 325 Å². The molecule has 0 fully saturated rings. The van der Waals surface area contributed by atoms with Gasteiger partial charge in [-0.25, -0.2) is 0 Å². The molecule has 0 radical (unpaired) electrons. The van der Waals surface area contributed by atoms with Crippen LogP contribution in [0.1, 0.15) is 0 Å². The van der Waals surface area contributed by atoms with Crippen LogP contribution >= 0.6 is 0 Å². The van der Waals surface area contributed by atoms with Crippen molar-refractivity contribution in [3.8, 4) is 55.6 Å². The fourth-order valence-corrected chi connectivity index (χ4v) is 16.6. The van der Waals surface area contributed by atoms with Crippen molar-refractivity contribution in [1.82, 2.24) is 0 Å². The average Bonchev–Trinajstić information content (AvgIpc) is 3.92. The van der Waals surface area contributed by atoms with Gasteiger partial charge in [-0.1, -0.05) is 243 Å². The van der Waals surface area contributed by atoms with Gasteiger partial charge in [0, 0.05) is 34.1 Å². The van der Waals surface area contributed by atoms with Crippen LogP contribution in [0, 0.1) is 0 Å². The van der Waals surface area contributed by atoms with E-state index < -0.39 is 8.07 Å².